The largest absolute Gasteiger partial charge is 0.379 e. The molecule has 8 nitrogen and oxygen atoms in total. The normalized spacial score (nSPS) is 18.9. The first kappa shape index (κ1) is 22.9. The van der Waals surface area contributed by atoms with Crippen LogP contribution in [0, 0.1) is 11.7 Å². The zero-order chi connectivity index (χ0) is 23.2. The molecule has 9 heteroatoms. The van der Waals surface area contributed by atoms with E-state index in [0.29, 0.717) is 36.7 Å². The van der Waals surface area contributed by atoms with E-state index in [0.717, 1.165) is 19.6 Å². The maximum absolute atomic E-state index is 13.2. The van der Waals surface area contributed by atoms with Crippen molar-refractivity contribution in [1.29, 1.82) is 0 Å². The summed E-state index contributed by atoms with van der Waals surface area (Å²) in [6.07, 6.45) is 0.0527. The Balaban J connectivity index is 1.35. The highest BCUT2D eigenvalue weighted by molar-refractivity contribution is 6.07. The summed E-state index contributed by atoms with van der Waals surface area (Å²) in [6.45, 7) is 4.51. The highest BCUT2D eigenvalue weighted by Crippen LogP contribution is 2.27. The zero-order valence-corrected chi connectivity index (χ0v) is 18.3. The Morgan fingerprint density at radius 3 is 2.55 bits per heavy atom. The number of hydrogen-bond acceptors (Lipinski definition) is 5. The van der Waals surface area contributed by atoms with Crippen LogP contribution in [0.15, 0.2) is 48.5 Å². The summed E-state index contributed by atoms with van der Waals surface area (Å²) in [7, 11) is 0. The molecule has 0 aromatic heterocycles. The van der Waals surface area contributed by atoms with E-state index in [1.165, 1.54) is 29.2 Å². The van der Waals surface area contributed by atoms with Crippen LogP contribution in [-0.2, 0) is 14.3 Å². The van der Waals surface area contributed by atoms with Gasteiger partial charge in [0.2, 0.25) is 11.8 Å². The maximum atomic E-state index is 13.2. The van der Waals surface area contributed by atoms with Gasteiger partial charge >= 0.3 is 0 Å². The molecule has 174 valence electrons. The fourth-order valence-electron chi connectivity index (χ4n) is 4.03. The van der Waals surface area contributed by atoms with Crippen molar-refractivity contribution in [3.63, 3.8) is 0 Å². The molecule has 0 saturated carbocycles. The van der Waals surface area contributed by atoms with Crippen LogP contribution >= 0.6 is 0 Å². The SMILES string of the molecule is O=C(NCCN1CCOCC1)c1ccccc1NC(=O)[C@H]1CC(=O)N(c2ccc(F)cc2)C1. The van der Waals surface area contributed by atoms with E-state index >= 15 is 0 Å². The molecule has 2 aliphatic heterocycles. The average Bonchev–Trinajstić information content (AvgIpc) is 3.22. The van der Waals surface area contributed by atoms with Crippen LogP contribution in [0.4, 0.5) is 15.8 Å². The molecular weight excluding hydrogens is 427 g/mol. The number of halogens is 1. The van der Waals surface area contributed by atoms with Crippen LogP contribution in [0.5, 0.6) is 0 Å². The third kappa shape index (κ3) is 5.74. The monoisotopic (exact) mass is 454 g/mol. The predicted molar refractivity (Wildman–Crippen MR) is 122 cm³/mol. The molecule has 0 bridgehead atoms. The van der Waals surface area contributed by atoms with E-state index < -0.39 is 5.92 Å². The van der Waals surface area contributed by atoms with Gasteiger partial charge < -0.3 is 20.3 Å². The summed E-state index contributed by atoms with van der Waals surface area (Å²) in [5.41, 5.74) is 1.32. The molecular formula is C24H27FN4O4. The first-order chi connectivity index (χ1) is 16.0. The molecule has 3 amide bonds. The van der Waals surface area contributed by atoms with Crippen LogP contribution in [-0.4, -0.2) is 68.6 Å². The number of anilines is 2. The van der Waals surface area contributed by atoms with E-state index in [1.807, 2.05) is 0 Å². The van der Waals surface area contributed by atoms with Crippen LogP contribution in [0.2, 0.25) is 0 Å². The van der Waals surface area contributed by atoms with Gasteiger partial charge in [-0.1, -0.05) is 12.1 Å². The van der Waals surface area contributed by atoms with Gasteiger partial charge in [0, 0.05) is 44.8 Å². The molecule has 2 saturated heterocycles. The van der Waals surface area contributed by atoms with Crippen LogP contribution in [0.1, 0.15) is 16.8 Å². The molecule has 2 aromatic rings. The number of nitrogens with one attached hydrogen (secondary N) is 2. The molecule has 1 atom stereocenters. The zero-order valence-electron chi connectivity index (χ0n) is 18.3. The van der Waals surface area contributed by atoms with Crippen molar-refractivity contribution in [3.8, 4) is 0 Å². The lowest BCUT2D eigenvalue weighted by atomic mass is 10.1. The number of amides is 3. The molecule has 33 heavy (non-hydrogen) atoms. The highest BCUT2D eigenvalue weighted by Gasteiger charge is 2.35. The van der Waals surface area contributed by atoms with Gasteiger partial charge in [-0.25, -0.2) is 4.39 Å². The molecule has 2 aliphatic rings. The lowest BCUT2D eigenvalue weighted by molar-refractivity contribution is -0.122. The van der Waals surface area contributed by atoms with Gasteiger partial charge in [0.15, 0.2) is 0 Å². The van der Waals surface area contributed by atoms with Gasteiger partial charge in [0.25, 0.3) is 5.91 Å². The minimum atomic E-state index is -0.569. The molecule has 0 aliphatic carbocycles. The number of para-hydroxylation sites is 1. The fraction of sp³-hybridized carbons (Fsp3) is 0.375. The molecule has 2 heterocycles. The Morgan fingerprint density at radius 2 is 1.79 bits per heavy atom. The molecule has 0 unspecified atom stereocenters. The number of carbonyl (C=O) groups excluding carboxylic acids is 3. The number of carbonyl (C=O) groups is 3. The number of rotatable bonds is 7. The first-order valence-electron chi connectivity index (χ1n) is 11.1. The van der Waals surface area contributed by atoms with Gasteiger partial charge in [-0.3, -0.25) is 19.3 Å². The Morgan fingerprint density at radius 1 is 1.06 bits per heavy atom. The van der Waals surface area contributed by atoms with Gasteiger partial charge in [-0.2, -0.15) is 0 Å². The van der Waals surface area contributed by atoms with E-state index in [4.69, 9.17) is 4.74 Å². The van der Waals surface area contributed by atoms with Crippen LogP contribution in [0.3, 0.4) is 0 Å². The summed E-state index contributed by atoms with van der Waals surface area (Å²) in [5.74, 6) is -1.76. The quantitative estimate of drug-likeness (QED) is 0.667. The van der Waals surface area contributed by atoms with Crippen molar-refractivity contribution in [2.24, 2.45) is 5.92 Å². The molecule has 2 fully saturated rings. The Labute approximate surface area is 191 Å². The summed E-state index contributed by atoms with van der Waals surface area (Å²) >= 11 is 0. The number of benzene rings is 2. The smallest absolute Gasteiger partial charge is 0.253 e. The molecule has 2 N–H and O–H groups in total. The van der Waals surface area contributed by atoms with Crippen molar-refractivity contribution in [1.82, 2.24) is 10.2 Å². The van der Waals surface area contributed by atoms with Crippen molar-refractivity contribution in [3.05, 3.63) is 59.9 Å². The summed E-state index contributed by atoms with van der Waals surface area (Å²) in [5, 5.41) is 5.71. The van der Waals surface area contributed by atoms with Gasteiger partial charge in [-0.05, 0) is 36.4 Å². The van der Waals surface area contributed by atoms with Crippen molar-refractivity contribution in [2.75, 3.05) is 56.2 Å². The van der Waals surface area contributed by atoms with Crippen LogP contribution < -0.4 is 15.5 Å². The fourth-order valence-corrected chi connectivity index (χ4v) is 4.03. The average molecular weight is 455 g/mol. The minimum absolute atomic E-state index is 0.0527. The van der Waals surface area contributed by atoms with E-state index in [2.05, 4.69) is 15.5 Å². The number of ether oxygens (including phenoxy) is 1. The summed E-state index contributed by atoms with van der Waals surface area (Å²) in [6, 6.07) is 12.4. The first-order valence-corrected chi connectivity index (χ1v) is 11.1. The Hall–Kier alpha value is -3.30. The Kier molecular flexibility index (Phi) is 7.31. The molecule has 2 aromatic carbocycles. The predicted octanol–water partition coefficient (Wildman–Crippen LogP) is 1.88. The minimum Gasteiger partial charge on any atom is -0.379 e. The van der Waals surface area contributed by atoms with Crippen molar-refractivity contribution < 1.29 is 23.5 Å². The third-order valence-corrected chi connectivity index (χ3v) is 5.88. The molecule has 0 spiro atoms. The van der Waals surface area contributed by atoms with E-state index in [9.17, 15) is 18.8 Å². The van der Waals surface area contributed by atoms with Crippen molar-refractivity contribution >= 4 is 29.1 Å². The lowest BCUT2D eigenvalue weighted by Crippen LogP contribution is -2.41. The standard InChI is InChI=1S/C24H27FN4O4/c25-18-5-7-19(8-6-18)29-16-17(15-22(29)30)23(31)27-21-4-2-1-3-20(21)24(32)26-9-10-28-11-13-33-14-12-28/h1-8,17H,9-16H2,(H,26,32)(H,27,31)/t17-/m0/s1. The van der Waals surface area contributed by atoms with E-state index in [-0.39, 0.29) is 36.5 Å². The van der Waals surface area contributed by atoms with Crippen LogP contribution in [0.25, 0.3) is 0 Å². The van der Waals surface area contributed by atoms with Crippen molar-refractivity contribution in [2.45, 2.75) is 6.42 Å². The molecule has 0 radical (unpaired) electrons. The highest BCUT2D eigenvalue weighted by atomic mass is 19.1. The second-order valence-electron chi connectivity index (χ2n) is 8.13. The topological polar surface area (TPSA) is 91.0 Å². The third-order valence-electron chi connectivity index (χ3n) is 5.88. The maximum Gasteiger partial charge on any atom is 0.253 e. The number of nitrogens with zero attached hydrogens (tertiary/aromatic N) is 2. The van der Waals surface area contributed by atoms with Gasteiger partial charge in [-0.15, -0.1) is 0 Å². The summed E-state index contributed by atoms with van der Waals surface area (Å²) < 4.78 is 18.5. The second-order valence-corrected chi connectivity index (χ2v) is 8.13. The number of hydrogen-bond donors (Lipinski definition) is 2. The van der Waals surface area contributed by atoms with Gasteiger partial charge in [0.05, 0.1) is 30.4 Å². The lowest BCUT2D eigenvalue weighted by Gasteiger charge is -2.26. The molecule has 4 rings (SSSR count). The van der Waals surface area contributed by atoms with Gasteiger partial charge in [0.1, 0.15) is 5.82 Å². The van der Waals surface area contributed by atoms with E-state index in [1.54, 1.807) is 24.3 Å². The Bertz CT molecular complexity index is 1010. The second kappa shape index (κ2) is 10.5. The summed E-state index contributed by atoms with van der Waals surface area (Å²) in [4.78, 5) is 41.7. The number of morpholine rings is 1.